The van der Waals surface area contributed by atoms with E-state index in [-0.39, 0.29) is 12.3 Å². The van der Waals surface area contributed by atoms with Crippen molar-refractivity contribution in [2.75, 3.05) is 11.9 Å². The standard InChI is InChI=1S/C16H14FNO4/c1-10-4-2-3-5-14(10)22-9-15(19)18-11-6-7-12(16(20)21)13(17)8-11/h2-8H,9H2,1H3,(H,18,19)(H,20,21). The lowest BCUT2D eigenvalue weighted by Gasteiger charge is -2.09. The van der Waals surface area contributed by atoms with Gasteiger partial charge in [-0.05, 0) is 36.8 Å². The SMILES string of the molecule is Cc1ccccc1OCC(=O)Nc1ccc(C(=O)O)c(F)c1. The Morgan fingerprint density at radius 2 is 1.95 bits per heavy atom. The molecule has 0 spiro atoms. The van der Waals surface area contributed by atoms with Crippen molar-refractivity contribution in [3.63, 3.8) is 0 Å². The number of hydrogen-bond donors (Lipinski definition) is 2. The molecular weight excluding hydrogens is 289 g/mol. The van der Waals surface area contributed by atoms with Crippen LogP contribution in [0.25, 0.3) is 0 Å². The molecule has 2 aromatic rings. The highest BCUT2D eigenvalue weighted by molar-refractivity contribution is 5.93. The van der Waals surface area contributed by atoms with Crippen LogP contribution in [0.2, 0.25) is 0 Å². The number of nitrogens with one attached hydrogen (secondary N) is 1. The second-order valence-corrected chi connectivity index (χ2v) is 4.60. The Morgan fingerprint density at radius 3 is 2.59 bits per heavy atom. The molecule has 2 N–H and O–H groups in total. The van der Waals surface area contributed by atoms with E-state index in [0.717, 1.165) is 17.7 Å². The largest absolute Gasteiger partial charge is 0.483 e. The number of ether oxygens (including phenoxy) is 1. The third-order valence-electron chi connectivity index (χ3n) is 2.94. The van der Waals surface area contributed by atoms with E-state index in [4.69, 9.17) is 9.84 Å². The Hall–Kier alpha value is -2.89. The van der Waals surface area contributed by atoms with Crippen molar-refractivity contribution >= 4 is 17.6 Å². The van der Waals surface area contributed by atoms with Crippen molar-refractivity contribution in [1.29, 1.82) is 0 Å². The predicted molar refractivity (Wildman–Crippen MR) is 78.7 cm³/mol. The highest BCUT2D eigenvalue weighted by Gasteiger charge is 2.12. The molecule has 22 heavy (non-hydrogen) atoms. The average Bonchev–Trinajstić information content (AvgIpc) is 2.46. The Labute approximate surface area is 126 Å². The van der Waals surface area contributed by atoms with E-state index in [2.05, 4.69) is 5.32 Å². The first kappa shape index (κ1) is 15.5. The van der Waals surface area contributed by atoms with Crippen LogP contribution in [0, 0.1) is 12.7 Å². The Morgan fingerprint density at radius 1 is 1.23 bits per heavy atom. The number of carbonyl (C=O) groups excluding carboxylic acids is 1. The van der Waals surface area contributed by atoms with Gasteiger partial charge in [0.1, 0.15) is 11.6 Å². The van der Waals surface area contributed by atoms with Gasteiger partial charge in [0.05, 0.1) is 5.56 Å². The molecule has 0 fully saturated rings. The van der Waals surface area contributed by atoms with Gasteiger partial charge < -0.3 is 15.2 Å². The topological polar surface area (TPSA) is 75.6 Å². The van der Waals surface area contributed by atoms with Crippen LogP contribution in [0.5, 0.6) is 5.75 Å². The normalized spacial score (nSPS) is 10.1. The van der Waals surface area contributed by atoms with Crippen molar-refractivity contribution in [3.05, 3.63) is 59.4 Å². The molecule has 2 rings (SSSR count). The molecule has 5 nitrogen and oxygen atoms in total. The van der Waals surface area contributed by atoms with Gasteiger partial charge in [-0.15, -0.1) is 0 Å². The summed E-state index contributed by atoms with van der Waals surface area (Å²) in [5.74, 6) is -2.15. The minimum Gasteiger partial charge on any atom is -0.483 e. The van der Waals surface area contributed by atoms with Crippen LogP contribution < -0.4 is 10.1 Å². The smallest absolute Gasteiger partial charge is 0.338 e. The van der Waals surface area contributed by atoms with Crippen LogP contribution in [0.4, 0.5) is 10.1 Å². The molecule has 0 unspecified atom stereocenters. The molecule has 0 heterocycles. The van der Waals surface area contributed by atoms with Gasteiger partial charge in [0.2, 0.25) is 0 Å². The number of carboxylic acids is 1. The van der Waals surface area contributed by atoms with Crippen molar-refractivity contribution < 1.29 is 23.8 Å². The number of aryl methyl sites for hydroxylation is 1. The molecule has 0 saturated carbocycles. The minimum absolute atomic E-state index is 0.167. The van der Waals surface area contributed by atoms with Gasteiger partial charge in [-0.1, -0.05) is 18.2 Å². The van der Waals surface area contributed by atoms with Gasteiger partial charge in [0, 0.05) is 5.69 Å². The number of carbonyl (C=O) groups is 2. The summed E-state index contributed by atoms with van der Waals surface area (Å²) in [6, 6.07) is 10.6. The van der Waals surface area contributed by atoms with Gasteiger partial charge in [0.15, 0.2) is 6.61 Å². The molecule has 0 aliphatic heterocycles. The number of amides is 1. The third-order valence-corrected chi connectivity index (χ3v) is 2.94. The molecule has 6 heteroatoms. The van der Waals surface area contributed by atoms with Crippen LogP contribution in [0.15, 0.2) is 42.5 Å². The van der Waals surface area contributed by atoms with Crippen molar-refractivity contribution in [2.24, 2.45) is 0 Å². The fraction of sp³-hybridized carbons (Fsp3) is 0.125. The number of halogens is 1. The number of carboxylic acid groups (broad SMARTS) is 1. The predicted octanol–water partition coefficient (Wildman–Crippen LogP) is 2.85. The second kappa shape index (κ2) is 6.71. The molecule has 0 aliphatic rings. The summed E-state index contributed by atoms with van der Waals surface area (Å²) in [5, 5.41) is 11.2. The summed E-state index contributed by atoms with van der Waals surface area (Å²) in [5.41, 5.74) is 0.613. The van der Waals surface area contributed by atoms with Crippen LogP contribution in [-0.2, 0) is 4.79 Å². The van der Waals surface area contributed by atoms with E-state index >= 15 is 0 Å². The lowest BCUT2D eigenvalue weighted by Crippen LogP contribution is -2.20. The van der Waals surface area contributed by atoms with Crippen molar-refractivity contribution in [3.8, 4) is 5.75 Å². The zero-order valence-corrected chi connectivity index (χ0v) is 11.8. The zero-order valence-electron chi connectivity index (χ0n) is 11.8. The number of benzene rings is 2. The first-order chi connectivity index (χ1) is 10.5. The summed E-state index contributed by atoms with van der Waals surface area (Å²) in [7, 11) is 0. The zero-order chi connectivity index (χ0) is 16.1. The molecule has 114 valence electrons. The van der Waals surface area contributed by atoms with Gasteiger partial charge in [-0.25, -0.2) is 9.18 Å². The molecule has 0 radical (unpaired) electrons. The minimum atomic E-state index is -1.36. The molecule has 0 aliphatic carbocycles. The summed E-state index contributed by atoms with van der Waals surface area (Å²) >= 11 is 0. The number of anilines is 1. The van der Waals surface area contributed by atoms with Gasteiger partial charge in [0.25, 0.3) is 5.91 Å². The van der Waals surface area contributed by atoms with E-state index < -0.39 is 23.3 Å². The highest BCUT2D eigenvalue weighted by Crippen LogP contribution is 2.17. The van der Waals surface area contributed by atoms with E-state index in [1.165, 1.54) is 6.07 Å². The van der Waals surface area contributed by atoms with Crippen LogP contribution in [-0.4, -0.2) is 23.6 Å². The molecule has 0 saturated heterocycles. The van der Waals surface area contributed by atoms with Crippen LogP contribution >= 0.6 is 0 Å². The summed E-state index contributed by atoms with van der Waals surface area (Å²) < 4.78 is 18.9. The number of rotatable bonds is 5. The lowest BCUT2D eigenvalue weighted by molar-refractivity contribution is -0.118. The second-order valence-electron chi connectivity index (χ2n) is 4.60. The first-order valence-corrected chi connectivity index (χ1v) is 6.48. The van der Waals surface area contributed by atoms with Gasteiger partial charge >= 0.3 is 5.97 Å². The van der Waals surface area contributed by atoms with Gasteiger partial charge in [-0.3, -0.25) is 4.79 Å². The van der Waals surface area contributed by atoms with Crippen LogP contribution in [0.1, 0.15) is 15.9 Å². The van der Waals surface area contributed by atoms with Crippen molar-refractivity contribution in [2.45, 2.75) is 6.92 Å². The maximum Gasteiger partial charge on any atom is 0.338 e. The average molecular weight is 303 g/mol. The molecule has 0 atom stereocenters. The summed E-state index contributed by atoms with van der Waals surface area (Å²) in [4.78, 5) is 22.5. The fourth-order valence-electron chi connectivity index (χ4n) is 1.83. The van der Waals surface area contributed by atoms with Crippen molar-refractivity contribution in [1.82, 2.24) is 0 Å². The fourth-order valence-corrected chi connectivity index (χ4v) is 1.83. The van der Waals surface area contributed by atoms with E-state index in [1.54, 1.807) is 12.1 Å². The summed E-state index contributed by atoms with van der Waals surface area (Å²) in [6.45, 7) is 1.63. The van der Waals surface area contributed by atoms with E-state index in [9.17, 15) is 14.0 Å². The maximum absolute atomic E-state index is 13.5. The number of hydrogen-bond acceptors (Lipinski definition) is 3. The molecule has 0 bridgehead atoms. The quantitative estimate of drug-likeness (QED) is 0.890. The molecule has 2 aromatic carbocycles. The highest BCUT2D eigenvalue weighted by atomic mass is 19.1. The summed E-state index contributed by atoms with van der Waals surface area (Å²) in [6.07, 6.45) is 0. The number of aromatic carboxylic acids is 1. The Balaban J connectivity index is 1.96. The third kappa shape index (κ3) is 3.82. The van der Waals surface area contributed by atoms with E-state index in [0.29, 0.717) is 5.75 Å². The van der Waals surface area contributed by atoms with E-state index in [1.807, 2.05) is 19.1 Å². The van der Waals surface area contributed by atoms with Crippen LogP contribution in [0.3, 0.4) is 0 Å². The first-order valence-electron chi connectivity index (χ1n) is 6.48. The molecular formula is C16H14FNO4. The maximum atomic E-state index is 13.5. The lowest BCUT2D eigenvalue weighted by atomic mass is 10.2. The molecule has 1 amide bonds. The molecule has 0 aromatic heterocycles. The Kier molecular flexibility index (Phi) is 4.73. The monoisotopic (exact) mass is 303 g/mol. The Bertz CT molecular complexity index is 715. The van der Waals surface area contributed by atoms with Gasteiger partial charge in [-0.2, -0.15) is 0 Å². The number of para-hydroxylation sites is 1.